The molecule has 1 aliphatic rings. The molecule has 2 amide bonds. The van der Waals surface area contributed by atoms with Gasteiger partial charge in [0.05, 0.1) is 0 Å². The lowest BCUT2D eigenvalue weighted by Crippen LogP contribution is -2.16. The van der Waals surface area contributed by atoms with Crippen LogP contribution in [0.3, 0.4) is 0 Å². The van der Waals surface area contributed by atoms with E-state index < -0.39 is 0 Å². The van der Waals surface area contributed by atoms with Crippen molar-refractivity contribution < 1.29 is 9.59 Å². The van der Waals surface area contributed by atoms with E-state index in [0.29, 0.717) is 4.42 Å². The van der Waals surface area contributed by atoms with Crippen LogP contribution in [0.1, 0.15) is 12.8 Å². The van der Waals surface area contributed by atoms with Gasteiger partial charge < -0.3 is 0 Å². The molecule has 0 N–H and O–H groups in total. The molecule has 0 spiro atoms. The molecule has 1 rings (SSSR count). The molecule has 0 saturated carbocycles. The van der Waals surface area contributed by atoms with Crippen LogP contribution in [0.4, 0.5) is 0 Å². The van der Waals surface area contributed by atoms with Gasteiger partial charge >= 0.3 is 0 Å². The highest BCUT2D eigenvalue weighted by Crippen LogP contribution is 2.12. The predicted octanol–water partition coefficient (Wildman–Crippen LogP) is 0.907. The molecule has 0 aromatic heterocycles. The van der Waals surface area contributed by atoms with Gasteiger partial charge in [0.2, 0.25) is 11.8 Å². The summed E-state index contributed by atoms with van der Waals surface area (Å²) in [4.78, 5) is 20.7. The minimum atomic E-state index is -0.295. The first-order chi connectivity index (χ1) is 3.72. The van der Waals surface area contributed by atoms with Gasteiger partial charge in [-0.25, -0.2) is 0 Å². The van der Waals surface area contributed by atoms with E-state index >= 15 is 0 Å². The Labute approximate surface area is 74.5 Å². The Balaban J connectivity index is 0.000000640. The van der Waals surface area contributed by atoms with Crippen molar-refractivity contribution in [3.05, 3.63) is 0 Å². The fourth-order valence-electron chi connectivity index (χ4n) is 0.549. The molecule has 1 heterocycles. The topological polar surface area (TPSA) is 37.4 Å². The largest absolute Gasteiger partial charge is 0.273 e. The molecule has 5 heteroatoms. The normalized spacial score (nSPS) is 18.1. The monoisotopic (exact) mass is 261 g/mol. The lowest BCUT2D eigenvalue weighted by molar-refractivity contribution is -0.132. The van der Waals surface area contributed by atoms with Crippen LogP contribution in [-0.4, -0.2) is 16.2 Å². The fraction of sp³-hybridized carbons (Fsp3) is 0.500. The maximum Gasteiger partial charge on any atom is 0.244 e. The Hall–Kier alpha value is 0.160. The van der Waals surface area contributed by atoms with Crippen LogP contribution < -0.4 is 0 Å². The zero-order chi connectivity index (χ0) is 6.15. The highest BCUT2D eigenvalue weighted by atomic mass is 127. The van der Waals surface area contributed by atoms with E-state index in [1.807, 2.05) is 0 Å². The number of carbonyl (C=O) groups excluding carboxylic acids is 2. The van der Waals surface area contributed by atoms with Gasteiger partial charge in [0.25, 0.3) is 0 Å². The molecule has 52 valence electrons. The first-order valence-corrected chi connectivity index (χ1v) is 2.57. The number of hydrogen-bond donors (Lipinski definition) is 0. The van der Waals surface area contributed by atoms with E-state index in [1.54, 1.807) is 0 Å². The molecule has 9 heavy (non-hydrogen) atoms. The van der Waals surface area contributed by atoms with Gasteiger partial charge in [0.15, 0.2) is 0 Å². The fourth-order valence-corrected chi connectivity index (χ4v) is 0.718. The second-order valence-corrected chi connectivity index (χ2v) is 1.91. The zero-order valence-corrected chi connectivity index (χ0v) is 7.55. The summed E-state index contributed by atoms with van der Waals surface area (Å²) >= 11 is 5.15. The maximum atomic E-state index is 10.4. The van der Waals surface area contributed by atoms with E-state index in [-0.39, 0.29) is 48.6 Å². The molecule has 0 unspecified atom stereocenters. The lowest BCUT2D eigenvalue weighted by atomic mass is 10.4. The van der Waals surface area contributed by atoms with E-state index in [9.17, 15) is 9.59 Å². The van der Waals surface area contributed by atoms with Crippen molar-refractivity contribution >= 4 is 47.6 Å². The van der Waals surface area contributed by atoms with Crippen molar-refractivity contribution in [2.24, 2.45) is 0 Å². The van der Waals surface area contributed by atoms with Gasteiger partial charge in [-0.05, 0) is 0 Å². The minimum absolute atomic E-state index is 0. The number of halogens is 2. The van der Waals surface area contributed by atoms with Gasteiger partial charge in [-0.1, -0.05) is 0 Å². The Morgan fingerprint density at radius 1 is 1.22 bits per heavy atom. The molecule has 0 aromatic carbocycles. The number of amides is 2. The zero-order valence-electron chi connectivity index (χ0n) is 4.46. The van der Waals surface area contributed by atoms with Crippen LogP contribution in [0.25, 0.3) is 0 Å². The van der Waals surface area contributed by atoms with Crippen LogP contribution in [0.5, 0.6) is 0 Å². The first-order valence-electron chi connectivity index (χ1n) is 2.23. The van der Waals surface area contributed by atoms with Gasteiger partial charge in [-0.15, -0.1) is 24.0 Å². The van der Waals surface area contributed by atoms with E-state index in [2.05, 4.69) is 0 Å². The molecule has 0 radical (unpaired) electrons. The lowest BCUT2D eigenvalue weighted by Gasteiger charge is -1.96. The number of rotatable bonds is 0. The van der Waals surface area contributed by atoms with Crippen LogP contribution in [0.2, 0.25) is 0 Å². The summed E-state index contributed by atoms with van der Waals surface area (Å²) in [5.74, 6) is -0.590. The molecule has 3 nitrogen and oxygen atoms in total. The minimum Gasteiger partial charge on any atom is -0.273 e. The van der Waals surface area contributed by atoms with Crippen molar-refractivity contribution in [1.29, 1.82) is 0 Å². The van der Waals surface area contributed by atoms with Crippen molar-refractivity contribution in [2.45, 2.75) is 12.8 Å². The summed E-state index contributed by atoms with van der Waals surface area (Å²) < 4.78 is 0.639. The Morgan fingerprint density at radius 2 is 1.56 bits per heavy atom. The van der Waals surface area contributed by atoms with Crippen molar-refractivity contribution in [3.8, 4) is 0 Å². The Bertz CT molecular complexity index is 134. The van der Waals surface area contributed by atoms with Crippen LogP contribution >= 0.6 is 35.8 Å². The number of carbonyl (C=O) groups is 2. The molecule has 0 aromatic rings. The SMILES string of the molecule is I.O=C1CCC(=O)N1Cl. The first kappa shape index (κ1) is 9.16. The molecule has 1 aliphatic heterocycles. The third-order valence-corrected chi connectivity index (χ3v) is 1.37. The highest BCUT2D eigenvalue weighted by Gasteiger charge is 2.26. The van der Waals surface area contributed by atoms with Crippen LogP contribution in [-0.2, 0) is 9.59 Å². The second-order valence-electron chi connectivity index (χ2n) is 1.57. The van der Waals surface area contributed by atoms with E-state index in [0.717, 1.165) is 0 Å². The average molecular weight is 261 g/mol. The highest BCUT2D eigenvalue weighted by molar-refractivity contribution is 14.0. The molecule has 1 fully saturated rings. The predicted molar refractivity (Wildman–Crippen MR) is 42.4 cm³/mol. The summed E-state index contributed by atoms with van der Waals surface area (Å²) in [5, 5.41) is 0. The third-order valence-electron chi connectivity index (χ3n) is 0.991. The molecular weight excluding hydrogens is 256 g/mol. The summed E-state index contributed by atoms with van der Waals surface area (Å²) in [6, 6.07) is 0. The number of nitrogens with zero attached hydrogens (tertiary/aromatic N) is 1. The molecule has 0 aliphatic carbocycles. The standard InChI is InChI=1S/C4H4ClNO2.HI/c5-6-3(7)1-2-4(6)8;/h1-2H2;1H. The van der Waals surface area contributed by atoms with Crippen molar-refractivity contribution in [3.63, 3.8) is 0 Å². The smallest absolute Gasteiger partial charge is 0.244 e. The molecular formula is C4H5ClINO2. The summed E-state index contributed by atoms with van der Waals surface area (Å²) in [6.07, 6.45) is 0.532. The summed E-state index contributed by atoms with van der Waals surface area (Å²) in [5.41, 5.74) is 0. The van der Waals surface area contributed by atoms with Gasteiger partial charge in [-0.3, -0.25) is 9.59 Å². The van der Waals surface area contributed by atoms with Crippen molar-refractivity contribution in [2.75, 3.05) is 0 Å². The number of hydrogen-bond acceptors (Lipinski definition) is 2. The van der Waals surface area contributed by atoms with E-state index in [1.165, 1.54) is 0 Å². The average Bonchev–Trinajstić information content (AvgIpc) is 1.98. The van der Waals surface area contributed by atoms with Crippen LogP contribution in [0.15, 0.2) is 0 Å². The Kier molecular flexibility index (Phi) is 3.42. The second kappa shape index (κ2) is 3.36. The van der Waals surface area contributed by atoms with Crippen LogP contribution in [0, 0.1) is 0 Å². The third kappa shape index (κ3) is 1.79. The van der Waals surface area contributed by atoms with Gasteiger partial charge in [0, 0.05) is 24.6 Å². The maximum absolute atomic E-state index is 10.4. The van der Waals surface area contributed by atoms with E-state index in [4.69, 9.17) is 11.8 Å². The molecule has 0 bridgehead atoms. The molecule has 1 saturated heterocycles. The number of imide groups is 1. The van der Waals surface area contributed by atoms with Gasteiger partial charge in [-0.2, -0.15) is 4.42 Å². The quantitative estimate of drug-likeness (QED) is 0.369. The molecule has 0 atom stereocenters. The van der Waals surface area contributed by atoms with Gasteiger partial charge in [0.1, 0.15) is 0 Å². The summed E-state index contributed by atoms with van der Waals surface area (Å²) in [6.45, 7) is 0. The summed E-state index contributed by atoms with van der Waals surface area (Å²) in [7, 11) is 0. The Morgan fingerprint density at radius 3 is 1.67 bits per heavy atom. The van der Waals surface area contributed by atoms with Crippen molar-refractivity contribution in [1.82, 2.24) is 4.42 Å².